The molecular formula is C53H32N4O. The number of rotatable bonds is 5. The maximum atomic E-state index is 6.72. The highest BCUT2D eigenvalue weighted by Crippen LogP contribution is 2.42. The highest BCUT2D eigenvalue weighted by atomic mass is 16.3. The van der Waals surface area contributed by atoms with Crippen molar-refractivity contribution in [3.63, 3.8) is 0 Å². The lowest BCUT2D eigenvalue weighted by Crippen LogP contribution is -2.02. The van der Waals surface area contributed by atoms with Gasteiger partial charge in [-0.1, -0.05) is 146 Å². The molecule has 0 bridgehead atoms. The monoisotopic (exact) mass is 740 g/mol. The van der Waals surface area contributed by atoms with Crippen LogP contribution in [0.25, 0.3) is 116 Å². The second kappa shape index (κ2) is 12.8. The van der Waals surface area contributed by atoms with E-state index in [2.05, 4.69) is 156 Å². The highest BCUT2D eigenvalue weighted by molar-refractivity contribution is 6.14. The van der Waals surface area contributed by atoms with Gasteiger partial charge in [-0.25, -0.2) is 15.0 Å². The van der Waals surface area contributed by atoms with Crippen molar-refractivity contribution in [2.24, 2.45) is 0 Å². The Morgan fingerprint density at radius 1 is 0.345 bits per heavy atom. The molecule has 0 unspecified atom stereocenters. The van der Waals surface area contributed by atoms with Gasteiger partial charge in [0.2, 0.25) is 0 Å². The first-order chi connectivity index (χ1) is 28.7. The molecule has 3 aromatic heterocycles. The molecule has 12 aromatic rings. The summed E-state index contributed by atoms with van der Waals surface area (Å²) in [5.41, 5.74) is 9.63. The van der Waals surface area contributed by atoms with E-state index in [9.17, 15) is 0 Å². The maximum absolute atomic E-state index is 6.72. The van der Waals surface area contributed by atoms with Crippen molar-refractivity contribution in [1.29, 1.82) is 0 Å². The molecule has 0 aliphatic rings. The quantitative estimate of drug-likeness (QED) is 0.176. The zero-order valence-electron chi connectivity index (χ0n) is 31.2. The van der Waals surface area contributed by atoms with Crippen LogP contribution >= 0.6 is 0 Å². The minimum absolute atomic E-state index is 0.583. The number of benzene rings is 9. The second-order valence-corrected chi connectivity index (χ2v) is 14.8. The Morgan fingerprint density at radius 3 is 1.84 bits per heavy atom. The Balaban J connectivity index is 1.16. The Labute approximate surface area is 333 Å². The van der Waals surface area contributed by atoms with Gasteiger partial charge in [0.1, 0.15) is 11.2 Å². The summed E-state index contributed by atoms with van der Waals surface area (Å²) in [6.07, 6.45) is 0. The van der Waals surface area contributed by atoms with Gasteiger partial charge in [0.15, 0.2) is 17.5 Å². The molecule has 58 heavy (non-hydrogen) atoms. The SMILES string of the molecule is c1ccc(-c2nc(-c3ccc4ccccc4c3)nc(-c3ccc(-n4c5ccccc5c5cc6ccccc6cc54)cc3-c3cccc4c3oc3ccccc34)n2)cc1. The van der Waals surface area contributed by atoms with Gasteiger partial charge in [-0.15, -0.1) is 0 Å². The Hall–Kier alpha value is -7.89. The predicted octanol–water partition coefficient (Wildman–Crippen LogP) is 13.8. The normalized spacial score (nSPS) is 11.8. The summed E-state index contributed by atoms with van der Waals surface area (Å²) in [6, 6.07) is 68.1. The summed E-state index contributed by atoms with van der Waals surface area (Å²) in [7, 11) is 0. The zero-order chi connectivity index (χ0) is 38.2. The second-order valence-electron chi connectivity index (χ2n) is 14.8. The number of nitrogens with zero attached hydrogens (tertiary/aromatic N) is 4. The first-order valence-corrected chi connectivity index (χ1v) is 19.5. The maximum Gasteiger partial charge on any atom is 0.164 e. The van der Waals surface area contributed by atoms with E-state index >= 15 is 0 Å². The molecular weight excluding hydrogens is 709 g/mol. The van der Waals surface area contributed by atoms with Crippen molar-refractivity contribution in [2.45, 2.75) is 0 Å². The van der Waals surface area contributed by atoms with E-state index in [-0.39, 0.29) is 0 Å². The van der Waals surface area contributed by atoms with Crippen molar-refractivity contribution < 1.29 is 4.42 Å². The lowest BCUT2D eigenvalue weighted by atomic mass is 9.96. The summed E-state index contributed by atoms with van der Waals surface area (Å²) in [5.74, 6) is 1.81. The number of para-hydroxylation sites is 3. The summed E-state index contributed by atoms with van der Waals surface area (Å²) >= 11 is 0. The smallest absolute Gasteiger partial charge is 0.164 e. The molecule has 0 saturated carbocycles. The van der Waals surface area contributed by atoms with Gasteiger partial charge >= 0.3 is 0 Å². The van der Waals surface area contributed by atoms with Crippen LogP contribution in [0.3, 0.4) is 0 Å². The summed E-state index contributed by atoms with van der Waals surface area (Å²) in [5, 5.41) is 9.27. The summed E-state index contributed by atoms with van der Waals surface area (Å²) < 4.78 is 9.10. The van der Waals surface area contributed by atoms with Crippen LogP contribution in [0.2, 0.25) is 0 Å². The third-order valence-electron chi connectivity index (χ3n) is 11.4. The number of hydrogen-bond donors (Lipinski definition) is 0. The Morgan fingerprint density at radius 2 is 1.00 bits per heavy atom. The molecule has 9 aromatic carbocycles. The van der Waals surface area contributed by atoms with Crippen LogP contribution < -0.4 is 0 Å². The summed E-state index contributed by atoms with van der Waals surface area (Å²) in [4.78, 5) is 15.6. The third-order valence-corrected chi connectivity index (χ3v) is 11.4. The van der Waals surface area contributed by atoms with Gasteiger partial charge in [0.25, 0.3) is 0 Å². The highest BCUT2D eigenvalue weighted by Gasteiger charge is 2.22. The topological polar surface area (TPSA) is 56.7 Å². The minimum Gasteiger partial charge on any atom is -0.455 e. The van der Waals surface area contributed by atoms with Crippen LogP contribution in [0.4, 0.5) is 0 Å². The van der Waals surface area contributed by atoms with Crippen LogP contribution in [0.5, 0.6) is 0 Å². The van der Waals surface area contributed by atoms with Crippen molar-refractivity contribution in [3.8, 4) is 51.0 Å². The van der Waals surface area contributed by atoms with E-state index in [1.807, 2.05) is 42.5 Å². The molecule has 0 fully saturated rings. The largest absolute Gasteiger partial charge is 0.455 e. The molecule has 270 valence electrons. The van der Waals surface area contributed by atoms with E-state index in [1.54, 1.807) is 0 Å². The van der Waals surface area contributed by atoms with Gasteiger partial charge in [-0.05, 0) is 75.6 Å². The van der Waals surface area contributed by atoms with Crippen molar-refractivity contribution in [1.82, 2.24) is 19.5 Å². The molecule has 0 N–H and O–H groups in total. The number of aromatic nitrogens is 4. The molecule has 0 amide bonds. The molecule has 0 aliphatic heterocycles. The average Bonchev–Trinajstić information content (AvgIpc) is 3.83. The van der Waals surface area contributed by atoms with Gasteiger partial charge in [0.05, 0.1) is 11.0 Å². The average molecular weight is 741 g/mol. The molecule has 0 atom stereocenters. The van der Waals surface area contributed by atoms with Gasteiger partial charge in [-0.3, -0.25) is 0 Å². The molecule has 0 radical (unpaired) electrons. The van der Waals surface area contributed by atoms with Gasteiger partial charge in [0, 0.05) is 49.5 Å². The van der Waals surface area contributed by atoms with Crippen molar-refractivity contribution >= 4 is 65.3 Å². The van der Waals surface area contributed by atoms with E-state index in [0.717, 1.165) is 71.9 Å². The lowest BCUT2D eigenvalue weighted by molar-refractivity contribution is 0.670. The Kier molecular flexibility index (Phi) is 7.16. The molecule has 12 rings (SSSR count). The van der Waals surface area contributed by atoms with E-state index < -0.39 is 0 Å². The minimum atomic E-state index is 0.583. The third kappa shape index (κ3) is 5.14. The first-order valence-electron chi connectivity index (χ1n) is 19.5. The van der Waals surface area contributed by atoms with E-state index in [4.69, 9.17) is 19.4 Å². The fraction of sp³-hybridized carbons (Fsp3) is 0. The fourth-order valence-corrected chi connectivity index (χ4v) is 8.65. The van der Waals surface area contributed by atoms with E-state index in [1.165, 1.54) is 26.9 Å². The molecule has 0 spiro atoms. The number of fused-ring (bicyclic) bond motifs is 8. The molecule has 0 saturated heterocycles. The first kappa shape index (κ1) is 32.4. The summed E-state index contributed by atoms with van der Waals surface area (Å²) in [6.45, 7) is 0. The van der Waals surface area contributed by atoms with Crippen LogP contribution in [0.15, 0.2) is 199 Å². The standard InChI is InChI=1S/C53H32N4O/c1-2-14-34(15-3-1)51-54-52(38-26-25-33-13-4-5-16-35(33)29-38)56-53(55-51)44-28-27-39(32-45(44)43-22-12-21-42-41-20-9-11-24-49(41)58-50(42)43)57-47-23-10-8-19-40(47)46-30-36-17-6-7-18-37(36)31-48(46)57/h1-32H. The van der Waals surface area contributed by atoms with Gasteiger partial charge in [-0.2, -0.15) is 0 Å². The predicted molar refractivity (Wildman–Crippen MR) is 238 cm³/mol. The van der Waals surface area contributed by atoms with Crippen LogP contribution in [0.1, 0.15) is 0 Å². The van der Waals surface area contributed by atoms with Crippen molar-refractivity contribution in [3.05, 3.63) is 194 Å². The van der Waals surface area contributed by atoms with E-state index in [0.29, 0.717) is 17.5 Å². The molecule has 3 heterocycles. The lowest BCUT2D eigenvalue weighted by Gasteiger charge is -2.16. The van der Waals surface area contributed by atoms with Crippen LogP contribution in [0, 0.1) is 0 Å². The number of furan rings is 1. The van der Waals surface area contributed by atoms with Crippen LogP contribution in [-0.2, 0) is 0 Å². The molecule has 0 aliphatic carbocycles. The fourth-order valence-electron chi connectivity index (χ4n) is 8.65. The molecule has 5 nitrogen and oxygen atoms in total. The van der Waals surface area contributed by atoms with Gasteiger partial charge < -0.3 is 8.98 Å². The van der Waals surface area contributed by atoms with Crippen molar-refractivity contribution in [2.75, 3.05) is 0 Å². The number of hydrogen-bond acceptors (Lipinski definition) is 4. The zero-order valence-corrected chi connectivity index (χ0v) is 31.2. The van der Waals surface area contributed by atoms with Crippen LogP contribution in [-0.4, -0.2) is 19.5 Å². The molecule has 5 heteroatoms. The Bertz CT molecular complexity index is 3580.